The van der Waals surface area contributed by atoms with Gasteiger partial charge in [-0.3, -0.25) is 4.79 Å². The molecule has 20 heavy (non-hydrogen) atoms. The van der Waals surface area contributed by atoms with E-state index in [2.05, 4.69) is 0 Å². The Morgan fingerprint density at radius 2 is 2.30 bits per heavy atom. The molecule has 0 fully saturated rings. The summed E-state index contributed by atoms with van der Waals surface area (Å²) < 4.78 is 13.7. The number of hydrogen-bond donors (Lipinski definition) is 1. The van der Waals surface area contributed by atoms with Crippen LogP contribution in [0.15, 0.2) is 30.4 Å². The minimum absolute atomic E-state index is 0.0870. The first-order valence-corrected chi connectivity index (χ1v) is 6.38. The standard InChI is InChI=1S/C15H16FN3O/c1-19(15(20)11-3-4-13(18)7-11)9-12-6-10(8-17)2-5-14(12)16/h2-6,11,13H,7,9,18H2,1H3. The maximum absolute atomic E-state index is 13.7. The Kier molecular flexibility index (Phi) is 4.16. The molecular formula is C15H16FN3O. The molecule has 2 unspecified atom stereocenters. The van der Waals surface area contributed by atoms with Gasteiger partial charge in [0.05, 0.1) is 17.6 Å². The second-order valence-corrected chi connectivity index (χ2v) is 5.00. The Bertz CT molecular complexity index is 591. The topological polar surface area (TPSA) is 70.1 Å². The van der Waals surface area contributed by atoms with Crippen LogP contribution in [0.1, 0.15) is 17.5 Å². The number of nitrogens with zero attached hydrogens (tertiary/aromatic N) is 2. The lowest BCUT2D eigenvalue weighted by Gasteiger charge is -2.21. The summed E-state index contributed by atoms with van der Waals surface area (Å²) in [5.74, 6) is -0.740. The molecule has 1 aromatic carbocycles. The van der Waals surface area contributed by atoms with E-state index in [1.54, 1.807) is 13.1 Å². The Morgan fingerprint density at radius 3 is 2.90 bits per heavy atom. The van der Waals surface area contributed by atoms with E-state index in [-0.39, 0.29) is 24.4 Å². The normalized spacial score (nSPS) is 20.7. The summed E-state index contributed by atoms with van der Waals surface area (Å²) in [6.07, 6.45) is 4.20. The number of nitrogens with two attached hydrogens (primary N) is 1. The van der Waals surface area contributed by atoms with Gasteiger partial charge in [-0.15, -0.1) is 0 Å². The molecule has 5 heteroatoms. The average Bonchev–Trinajstić information content (AvgIpc) is 2.87. The molecule has 1 aliphatic rings. The average molecular weight is 273 g/mol. The van der Waals surface area contributed by atoms with Crippen LogP contribution >= 0.6 is 0 Å². The predicted molar refractivity (Wildman–Crippen MR) is 72.8 cm³/mol. The van der Waals surface area contributed by atoms with Crippen molar-refractivity contribution in [3.63, 3.8) is 0 Å². The molecule has 0 heterocycles. The molecule has 0 saturated heterocycles. The van der Waals surface area contributed by atoms with Crippen molar-refractivity contribution in [3.8, 4) is 6.07 Å². The van der Waals surface area contributed by atoms with E-state index >= 15 is 0 Å². The fourth-order valence-corrected chi connectivity index (χ4v) is 2.29. The van der Waals surface area contributed by atoms with Crippen molar-refractivity contribution in [2.24, 2.45) is 11.7 Å². The number of amides is 1. The molecule has 2 atom stereocenters. The zero-order chi connectivity index (χ0) is 14.7. The van der Waals surface area contributed by atoms with E-state index in [9.17, 15) is 9.18 Å². The first-order valence-electron chi connectivity index (χ1n) is 6.38. The van der Waals surface area contributed by atoms with Gasteiger partial charge in [-0.1, -0.05) is 12.2 Å². The maximum Gasteiger partial charge on any atom is 0.229 e. The largest absolute Gasteiger partial charge is 0.341 e. The lowest BCUT2D eigenvalue weighted by molar-refractivity contribution is -0.133. The minimum Gasteiger partial charge on any atom is -0.341 e. The van der Waals surface area contributed by atoms with Gasteiger partial charge in [-0.25, -0.2) is 4.39 Å². The van der Waals surface area contributed by atoms with E-state index in [1.165, 1.54) is 23.1 Å². The quantitative estimate of drug-likeness (QED) is 0.850. The van der Waals surface area contributed by atoms with Gasteiger partial charge in [0.15, 0.2) is 0 Å². The first kappa shape index (κ1) is 14.2. The summed E-state index contributed by atoms with van der Waals surface area (Å²) in [5.41, 5.74) is 6.44. The lowest BCUT2D eigenvalue weighted by atomic mass is 10.1. The highest BCUT2D eigenvalue weighted by Crippen LogP contribution is 2.20. The van der Waals surface area contributed by atoms with Gasteiger partial charge in [0, 0.05) is 25.2 Å². The number of benzene rings is 1. The third kappa shape index (κ3) is 3.03. The van der Waals surface area contributed by atoms with Gasteiger partial charge in [-0.05, 0) is 24.6 Å². The van der Waals surface area contributed by atoms with Crippen LogP contribution in [0, 0.1) is 23.1 Å². The molecule has 104 valence electrons. The summed E-state index contributed by atoms with van der Waals surface area (Å²) in [5, 5.41) is 8.82. The van der Waals surface area contributed by atoms with Gasteiger partial charge in [0.25, 0.3) is 0 Å². The molecule has 2 rings (SSSR count). The second kappa shape index (κ2) is 5.85. The van der Waals surface area contributed by atoms with Gasteiger partial charge < -0.3 is 10.6 Å². The van der Waals surface area contributed by atoms with Crippen molar-refractivity contribution in [2.45, 2.75) is 19.0 Å². The summed E-state index contributed by atoms with van der Waals surface area (Å²) in [4.78, 5) is 13.7. The molecule has 0 radical (unpaired) electrons. The molecule has 0 aliphatic heterocycles. The monoisotopic (exact) mass is 273 g/mol. The van der Waals surface area contributed by atoms with E-state index in [0.717, 1.165) is 0 Å². The fourth-order valence-electron chi connectivity index (χ4n) is 2.29. The zero-order valence-electron chi connectivity index (χ0n) is 11.2. The van der Waals surface area contributed by atoms with Crippen LogP contribution in [0.2, 0.25) is 0 Å². The van der Waals surface area contributed by atoms with E-state index in [4.69, 9.17) is 11.0 Å². The van der Waals surface area contributed by atoms with Gasteiger partial charge in [0.1, 0.15) is 5.82 Å². The molecule has 0 aromatic heterocycles. The molecular weight excluding hydrogens is 257 g/mol. The molecule has 0 saturated carbocycles. The van der Waals surface area contributed by atoms with Crippen molar-refractivity contribution in [2.75, 3.05) is 7.05 Å². The van der Waals surface area contributed by atoms with Gasteiger partial charge in [0.2, 0.25) is 5.91 Å². The van der Waals surface area contributed by atoms with Crippen LogP contribution in [0.25, 0.3) is 0 Å². The lowest BCUT2D eigenvalue weighted by Crippen LogP contribution is -2.32. The number of hydrogen-bond acceptors (Lipinski definition) is 3. The highest BCUT2D eigenvalue weighted by molar-refractivity contribution is 5.81. The smallest absolute Gasteiger partial charge is 0.229 e. The number of nitriles is 1. The molecule has 1 amide bonds. The van der Waals surface area contributed by atoms with Crippen molar-refractivity contribution < 1.29 is 9.18 Å². The number of carbonyl (C=O) groups excluding carboxylic acids is 1. The number of carbonyl (C=O) groups is 1. The third-order valence-corrected chi connectivity index (χ3v) is 3.39. The highest BCUT2D eigenvalue weighted by atomic mass is 19.1. The van der Waals surface area contributed by atoms with Crippen molar-refractivity contribution >= 4 is 5.91 Å². The van der Waals surface area contributed by atoms with E-state index in [1.807, 2.05) is 12.1 Å². The Labute approximate surface area is 117 Å². The molecule has 2 N–H and O–H groups in total. The molecule has 0 bridgehead atoms. The Balaban J connectivity index is 2.08. The molecule has 1 aliphatic carbocycles. The minimum atomic E-state index is -0.415. The maximum atomic E-state index is 13.7. The van der Waals surface area contributed by atoms with Crippen LogP contribution in [-0.2, 0) is 11.3 Å². The predicted octanol–water partition coefficient (Wildman–Crippen LogP) is 1.56. The Hall–Kier alpha value is -2.19. The highest BCUT2D eigenvalue weighted by Gasteiger charge is 2.25. The third-order valence-electron chi connectivity index (χ3n) is 3.39. The summed E-state index contributed by atoms with van der Waals surface area (Å²) in [6.45, 7) is 0.139. The first-order chi connectivity index (χ1) is 9.51. The van der Waals surface area contributed by atoms with Crippen molar-refractivity contribution in [1.82, 2.24) is 4.90 Å². The van der Waals surface area contributed by atoms with E-state index < -0.39 is 5.82 Å². The summed E-state index contributed by atoms with van der Waals surface area (Å²) in [6, 6.07) is 6.00. The van der Waals surface area contributed by atoms with Crippen LogP contribution in [0.5, 0.6) is 0 Å². The van der Waals surface area contributed by atoms with Crippen molar-refractivity contribution in [3.05, 3.63) is 47.3 Å². The van der Waals surface area contributed by atoms with Crippen LogP contribution in [0.3, 0.4) is 0 Å². The SMILES string of the molecule is CN(Cc1cc(C#N)ccc1F)C(=O)C1C=CC(N)C1. The van der Waals surface area contributed by atoms with Crippen LogP contribution < -0.4 is 5.73 Å². The summed E-state index contributed by atoms with van der Waals surface area (Å²) >= 11 is 0. The van der Waals surface area contributed by atoms with Crippen LogP contribution in [0.4, 0.5) is 4.39 Å². The zero-order valence-corrected chi connectivity index (χ0v) is 11.2. The molecule has 0 spiro atoms. The number of rotatable bonds is 3. The van der Waals surface area contributed by atoms with Gasteiger partial charge >= 0.3 is 0 Å². The van der Waals surface area contributed by atoms with Gasteiger partial charge in [-0.2, -0.15) is 5.26 Å². The summed E-state index contributed by atoms with van der Waals surface area (Å²) in [7, 11) is 1.62. The number of halogens is 1. The van der Waals surface area contributed by atoms with E-state index in [0.29, 0.717) is 17.5 Å². The molecule has 1 aromatic rings. The second-order valence-electron chi connectivity index (χ2n) is 5.00. The fraction of sp³-hybridized carbons (Fsp3) is 0.333. The van der Waals surface area contributed by atoms with Crippen LogP contribution in [-0.4, -0.2) is 23.9 Å². The van der Waals surface area contributed by atoms with Crippen molar-refractivity contribution in [1.29, 1.82) is 5.26 Å². The Morgan fingerprint density at radius 1 is 1.55 bits per heavy atom. The molecule has 4 nitrogen and oxygen atoms in total.